The van der Waals surface area contributed by atoms with Crippen molar-refractivity contribution in [2.75, 3.05) is 4.90 Å². The molecule has 0 saturated heterocycles. The standard InChI is InChI=1S/C43H34N2/c1-2-11-31(12-3-1)44(32-13-10-14-33(26-32)45-41-19-8-5-16-37(41)38-17-6-9-20-42(38)45)34-23-24-36-35-15-4-7-18-39(35)43(40(36)27-34)28-29-21-22-30(43)25-29/h1-20,23-24,26-27,29-30H,21-22,25,28H2. The average molecular weight is 579 g/mol. The zero-order valence-corrected chi connectivity index (χ0v) is 25.2. The lowest BCUT2D eigenvalue weighted by Crippen LogP contribution is -2.32. The summed E-state index contributed by atoms with van der Waals surface area (Å²) >= 11 is 0. The minimum Gasteiger partial charge on any atom is -0.310 e. The van der Waals surface area contributed by atoms with Gasteiger partial charge in [-0.25, -0.2) is 0 Å². The molecule has 1 aromatic heterocycles. The minimum atomic E-state index is 0.151. The van der Waals surface area contributed by atoms with Crippen LogP contribution in [0.4, 0.5) is 17.1 Å². The van der Waals surface area contributed by atoms with E-state index in [9.17, 15) is 0 Å². The van der Waals surface area contributed by atoms with Gasteiger partial charge in [0.15, 0.2) is 0 Å². The van der Waals surface area contributed by atoms with Gasteiger partial charge in [0, 0.05) is 38.9 Å². The van der Waals surface area contributed by atoms with E-state index in [2.05, 4.69) is 155 Å². The Labute approximate surface area is 264 Å². The van der Waals surface area contributed by atoms with Crippen LogP contribution >= 0.6 is 0 Å². The molecule has 0 radical (unpaired) electrons. The van der Waals surface area contributed by atoms with Gasteiger partial charge in [-0.05, 0) is 108 Å². The second-order valence-corrected chi connectivity index (χ2v) is 13.4. The van der Waals surface area contributed by atoms with Crippen LogP contribution in [0.2, 0.25) is 0 Å². The normalized spacial score (nSPS) is 21.1. The molecular formula is C43H34N2. The Morgan fingerprint density at radius 3 is 1.96 bits per heavy atom. The molecule has 0 amide bonds. The van der Waals surface area contributed by atoms with E-state index in [0.717, 1.165) is 17.5 Å². The molecule has 1 heterocycles. The van der Waals surface area contributed by atoms with Gasteiger partial charge in [0.1, 0.15) is 0 Å². The fraction of sp³-hybridized carbons (Fsp3) is 0.163. The number of hydrogen-bond donors (Lipinski definition) is 0. The molecule has 0 N–H and O–H groups in total. The summed E-state index contributed by atoms with van der Waals surface area (Å²) in [4.78, 5) is 2.46. The average Bonchev–Trinajstić information content (AvgIpc) is 3.86. The van der Waals surface area contributed by atoms with E-state index in [1.807, 2.05) is 0 Å². The molecule has 3 aliphatic carbocycles. The highest BCUT2D eigenvalue weighted by Crippen LogP contribution is 2.66. The molecule has 7 aromatic rings. The summed E-state index contributed by atoms with van der Waals surface area (Å²) in [6.07, 6.45) is 5.42. The Morgan fingerprint density at radius 2 is 1.20 bits per heavy atom. The number of aromatic nitrogens is 1. The summed E-state index contributed by atoms with van der Waals surface area (Å²) in [5, 5.41) is 2.57. The van der Waals surface area contributed by atoms with Crippen molar-refractivity contribution in [1.29, 1.82) is 0 Å². The van der Waals surface area contributed by atoms with Crippen molar-refractivity contribution in [3.8, 4) is 16.8 Å². The molecule has 2 fully saturated rings. The fourth-order valence-electron chi connectivity index (χ4n) is 9.51. The van der Waals surface area contributed by atoms with Crippen LogP contribution in [0.3, 0.4) is 0 Å². The molecule has 2 bridgehead atoms. The van der Waals surface area contributed by atoms with Crippen molar-refractivity contribution in [1.82, 2.24) is 4.57 Å². The predicted octanol–water partition coefficient (Wildman–Crippen LogP) is 11.3. The summed E-state index contributed by atoms with van der Waals surface area (Å²) in [5.41, 5.74) is 13.4. The monoisotopic (exact) mass is 578 g/mol. The highest BCUT2D eigenvalue weighted by molar-refractivity contribution is 6.09. The molecule has 2 heteroatoms. The first-order valence-electron chi connectivity index (χ1n) is 16.5. The van der Waals surface area contributed by atoms with Gasteiger partial charge in [-0.1, -0.05) is 97.4 Å². The number of anilines is 3. The second-order valence-electron chi connectivity index (χ2n) is 13.4. The molecule has 0 aliphatic heterocycles. The van der Waals surface area contributed by atoms with Crippen molar-refractivity contribution >= 4 is 38.9 Å². The molecule has 3 aliphatic rings. The van der Waals surface area contributed by atoms with E-state index in [0.29, 0.717) is 0 Å². The Kier molecular flexibility index (Phi) is 5.31. The fourth-order valence-corrected chi connectivity index (χ4v) is 9.51. The van der Waals surface area contributed by atoms with Crippen molar-refractivity contribution in [2.24, 2.45) is 11.8 Å². The third kappa shape index (κ3) is 3.51. The van der Waals surface area contributed by atoms with Gasteiger partial charge in [-0.3, -0.25) is 0 Å². The van der Waals surface area contributed by atoms with E-state index in [1.54, 1.807) is 11.1 Å². The number of nitrogens with zero attached hydrogens (tertiary/aromatic N) is 2. The molecule has 216 valence electrons. The van der Waals surface area contributed by atoms with Gasteiger partial charge in [-0.2, -0.15) is 0 Å². The van der Waals surface area contributed by atoms with Crippen molar-refractivity contribution < 1.29 is 0 Å². The van der Waals surface area contributed by atoms with Crippen LogP contribution in [0, 0.1) is 11.8 Å². The van der Waals surface area contributed by atoms with E-state index in [4.69, 9.17) is 0 Å². The summed E-state index contributed by atoms with van der Waals surface area (Å²) < 4.78 is 2.42. The van der Waals surface area contributed by atoms with Gasteiger partial charge in [0.05, 0.1) is 11.0 Å². The molecule has 3 unspecified atom stereocenters. The maximum absolute atomic E-state index is 2.55. The minimum absolute atomic E-state index is 0.151. The van der Waals surface area contributed by atoms with E-state index < -0.39 is 0 Å². The summed E-state index contributed by atoms with van der Waals surface area (Å²) in [5.74, 6) is 1.59. The largest absolute Gasteiger partial charge is 0.310 e. The van der Waals surface area contributed by atoms with Crippen LogP contribution in [-0.2, 0) is 5.41 Å². The molecule has 3 atom stereocenters. The van der Waals surface area contributed by atoms with Gasteiger partial charge in [-0.15, -0.1) is 0 Å². The molecule has 10 rings (SSSR count). The Bertz CT molecular complexity index is 2210. The molecule has 1 spiro atoms. The van der Waals surface area contributed by atoms with Gasteiger partial charge >= 0.3 is 0 Å². The Balaban J connectivity index is 1.17. The molecule has 6 aromatic carbocycles. The smallest absolute Gasteiger partial charge is 0.0541 e. The highest BCUT2D eigenvalue weighted by Gasteiger charge is 2.56. The third-order valence-corrected chi connectivity index (χ3v) is 11.2. The zero-order chi connectivity index (χ0) is 29.5. The lowest BCUT2D eigenvalue weighted by molar-refractivity contribution is 0.327. The first-order chi connectivity index (χ1) is 22.3. The zero-order valence-electron chi connectivity index (χ0n) is 25.2. The van der Waals surface area contributed by atoms with Crippen LogP contribution in [-0.4, -0.2) is 4.57 Å². The topological polar surface area (TPSA) is 8.17 Å². The SMILES string of the molecule is c1ccc(N(c2cccc(-n3c4ccccc4c4ccccc43)c2)c2ccc3c(c2)C2(CC4CCC2C4)c2ccccc2-3)cc1. The van der Waals surface area contributed by atoms with E-state index in [1.165, 1.54) is 75.7 Å². The van der Waals surface area contributed by atoms with E-state index in [-0.39, 0.29) is 5.41 Å². The van der Waals surface area contributed by atoms with Crippen molar-refractivity contribution in [3.63, 3.8) is 0 Å². The van der Waals surface area contributed by atoms with Crippen LogP contribution in [0.15, 0.2) is 146 Å². The molecule has 2 saturated carbocycles. The van der Waals surface area contributed by atoms with Crippen LogP contribution in [0.1, 0.15) is 36.8 Å². The van der Waals surface area contributed by atoms with Gasteiger partial charge in [0.25, 0.3) is 0 Å². The van der Waals surface area contributed by atoms with Crippen LogP contribution in [0.25, 0.3) is 38.6 Å². The predicted molar refractivity (Wildman–Crippen MR) is 187 cm³/mol. The number of para-hydroxylation sites is 3. The Morgan fingerprint density at radius 1 is 0.533 bits per heavy atom. The first kappa shape index (κ1) is 25.3. The lowest BCUT2D eigenvalue weighted by Gasteiger charge is -2.37. The number of hydrogen-bond acceptors (Lipinski definition) is 1. The maximum Gasteiger partial charge on any atom is 0.0541 e. The van der Waals surface area contributed by atoms with Gasteiger partial charge in [0.2, 0.25) is 0 Å². The molecular weight excluding hydrogens is 544 g/mol. The lowest BCUT2D eigenvalue weighted by atomic mass is 9.67. The number of rotatable bonds is 4. The Hall–Kier alpha value is -5.08. The quantitative estimate of drug-likeness (QED) is 0.202. The second kappa shape index (κ2) is 9.46. The maximum atomic E-state index is 2.55. The van der Waals surface area contributed by atoms with Crippen molar-refractivity contribution in [3.05, 3.63) is 157 Å². The summed E-state index contributed by atoms with van der Waals surface area (Å²) in [6.45, 7) is 0. The van der Waals surface area contributed by atoms with Crippen molar-refractivity contribution in [2.45, 2.75) is 31.1 Å². The number of benzene rings is 6. The summed E-state index contributed by atoms with van der Waals surface area (Å²) in [7, 11) is 0. The van der Waals surface area contributed by atoms with Crippen LogP contribution in [0.5, 0.6) is 0 Å². The summed E-state index contributed by atoms with van der Waals surface area (Å²) in [6, 6.07) is 54.1. The molecule has 45 heavy (non-hydrogen) atoms. The number of fused-ring (bicyclic) bond motifs is 11. The van der Waals surface area contributed by atoms with E-state index >= 15 is 0 Å². The van der Waals surface area contributed by atoms with Crippen LogP contribution < -0.4 is 4.90 Å². The molecule has 2 nitrogen and oxygen atoms in total. The third-order valence-electron chi connectivity index (χ3n) is 11.2. The first-order valence-corrected chi connectivity index (χ1v) is 16.5. The highest BCUT2D eigenvalue weighted by atomic mass is 15.1. The van der Waals surface area contributed by atoms with Gasteiger partial charge < -0.3 is 9.47 Å².